The number of carbonyl (C=O) groups excluding carboxylic acids is 1. The quantitative estimate of drug-likeness (QED) is 0.820. The van der Waals surface area contributed by atoms with Crippen LogP contribution in [0.4, 0.5) is 0 Å². The molecule has 0 fully saturated rings. The minimum absolute atomic E-state index is 0.272. The molecule has 0 amide bonds. The predicted octanol–water partition coefficient (Wildman–Crippen LogP) is 2.33. The van der Waals surface area contributed by atoms with Gasteiger partial charge in [-0.3, -0.25) is 5.10 Å². The number of nitrogens with one attached hydrogen (secondary N) is 1. The van der Waals surface area contributed by atoms with Crippen LogP contribution in [-0.4, -0.2) is 16.2 Å². The number of benzene rings is 1. The van der Waals surface area contributed by atoms with Crippen LogP contribution in [0.1, 0.15) is 28.7 Å². The first-order valence-electron chi connectivity index (χ1n) is 5.55. The molecule has 4 heteroatoms. The summed E-state index contributed by atoms with van der Waals surface area (Å²) in [5.74, 6) is -0.398. The molecule has 2 rings (SSSR count). The average molecular weight is 230 g/mol. The van der Waals surface area contributed by atoms with E-state index in [-0.39, 0.29) is 6.61 Å². The van der Waals surface area contributed by atoms with E-state index in [2.05, 4.69) is 10.2 Å². The van der Waals surface area contributed by atoms with Gasteiger partial charge in [0.15, 0.2) is 5.69 Å². The highest BCUT2D eigenvalue weighted by molar-refractivity contribution is 5.87. The van der Waals surface area contributed by atoms with Crippen molar-refractivity contribution in [3.05, 3.63) is 53.3 Å². The summed E-state index contributed by atoms with van der Waals surface area (Å²) in [5.41, 5.74) is 2.22. The smallest absolute Gasteiger partial charge is 0.359 e. The number of ether oxygens (including phenoxy) is 1. The molecule has 0 aliphatic carbocycles. The molecule has 1 N–H and O–H groups in total. The molecule has 1 aromatic carbocycles. The summed E-state index contributed by atoms with van der Waals surface area (Å²) in [7, 11) is 0. The maximum Gasteiger partial charge on any atom is 0.359 e. The zero-order valence-corrected chi connectivity index (χ0v) is 9.64. The van der Waals surface area contributed by atoms with Gasteiger partial charge in [-0.1, -0.05) is 37.3 Å². The number of aromatic amines is 1. The number of carbonyl (C=O) groups is 1. The summed E-state index contributed by atoms with van der Waals surface area (Å²) in [5, 5.41) is 6.68. The van der Waals surface area contributed by atoms with Crippen LogP contribution >= 0.6 is 0 Å². The molecule has 0 aliphatic heterocycles. The summed E-state index contributed by atoms with van der Waals surface area (Å²) in [6.45, 7) is 2.26. The fourth-order valence-corrected chi connectivity index (χ4v) is 1.44. The van der Waals surface area contributed by atoms with Crippen LogP contribution < -0.4 is 0 Å². The monoisotopic (exact) mass is 230 g/mol. The van der Waals surface area contributed by atoms with Gasteiger partial charge < -0.3 is 4.74 Å². The minimum atomic E-state index is -0.398. The molecule has 0 unspecified atom stereocenters. The fourth-order valence-electron chi connectivity index (χ4n) is 1.44. The Kier molecular flexibility index (Phi) is 3.55. The number of aromatic nitrogens is 2. The standard InChI is InChI=1S/C13H14N2O2/c1-2-11-8-12(15-14-11)13(16)17-9-10-6-4-3-5-7-10/h3-8H,2,9H2,1H3,(H,14,15). The van der Waals surface area contributed by atoms with E-state index in [4.69, 9.17) is 4.74 Å². The molecule has 0 aliphatic rings. The molecule has 0 atom stereocenters. The largest absolute Gasteiger partial charge is 0.456 e. The average Bonchev–Trinajstić information content (AvgIpc) is 2.86. The Hall–Kier alpha value is -2.10. The number of H-pyrrole nitrogens is 1. The third kappa shape index (κ3) is 2.93. The van der Waals surface area contributed by atoms with Crippen molar-refractivity contribution in [2.45, 2.75) is 20.0 Å². The molecule has 4 nitrogen and oxygen atoms in total. The molecule has 2 aromatic rings. The van der Waals surface area contributed by atoms with Gasteiger partial charge in [-0.15, -0.1) is 0 Å². The van der Waals surface area contributed by atoms with Crippen LogP contribution in [0.3, 0.4) is 0 Å². The molecule has 1 aromatic heterocycles. The molecular weight excluding hydrogens is 216 g/mol. The first-order valence-corrected chi connectivity index (χ1v) is 5.55. The Morgan fingerprint density at radius 2 is 2.12 bits per heavy atom. The first-order chi connectivity index (χ1) is 8.29. The lowest BCUT2D eigenvalue weighted by molar-refractivity contribution is 0.0465. The van der Waals surface area contributed by atoms with Gasteiger partial charge in [-0.25, -0.2) is 4.79 Å². The van der Waals surface area contributed by atoms with Gasteiger partial charge in [-0.2, -0.15) is 5.10 Å². The normalized spacial score (nSPS) is 10.2. The van der Waals surface area contributed by atoms with E-state index in [1.165, 1.54) is 0 Å². The maximum absolute atomic E-state index is 11.6. The van der Waals surface area contributed by atoms with Crippen LogP contribution in [0, 0.1) is 0 Å². The van der Waals surface area contributed by atoms with Crippen molar-refractivity contribution in [2.24, 2.45) is 0 Å². The van der Waals surface area contributed by atoms with Crippen LogP contribution in [0.5, 0.6) is 0 Å². The van der Waals surface area contributed by atoms with Gasteiger partial charge >= 0.3 is 5.97 Å². The van der Waals surface area contributed by atoms with E-state index in [1.54, 1.807) is 6.07 Å². The van der Waals surface area contributed by atoms with Gasteiger partial charge in [0, 0.05) is 5.69 Å². The van der Waals surface area contributed by atoms with Crippen molar-refractivity contribution in [2.75, 3.05) is 0 Å². The predicted molar refractivity (Wildman–Crippen MR) is 63.5 cm³/mol. The number of nitrogens with zero attached hydrogens (tertiary/aromatic N) is 1. The van der Waals surface area contributed by atoms with Crippen LogP contribution in [0.2, 0.25) is 0 Å². The topological polar surface area (TPSA) is 55.0 Å². The van der Waals surface area contributed by atoms with Gasteiger partial charge in [0.25, 0.3) is 0 Å². The third-order valence-electron chi connectivity index (χ3n) is 2.43. The summed E-state index contributed by atoms with van der Waals surface area (Å²) >= 11 is 0. The second kappa shape index (κ2) is 5.30. The lowest BCUT2D eigenvalue weighted by atomic mass is 10.2. The van der Waals surface area contributed by atoms with E-state index < -0.39 is 5.97 Å². The Bertz CT molecular complexity index is 491. The van der Waals surface area contributed by atoms with Crippen molar-refractivity contribution in [1.29, 1.82) is 0 Å². The highest BCUT2D eigenvalue weighted by Crippen LogP contribution is 2.05. The summed E-state index contributed by atoms with van der Waals surface area (Å²) in [6, 6.07) is 11.3. The Morgan fingerprint density at radius 3 is 2.76 bits per heavy atom. The van der Waals surface area contributed by atoms with E-state index in [9.17, 15) is 4.79 Å². The molecule has 88 valence electrons. The Morgan fingerprint density at radius 1 is 1.35 bits per heavy atom. The SMILES string of the molecule is CCc1cc(C(=O)OCc2ccccc2)n[nH]1. The molecule has 17 heavy (non-hydrogen) atoms. The fraction of sp³-hybridized carbons (Fsp3) is 0.231. The van der Waals surface area contributed by atoms with Crippen molar-refractivity contribution in [3.63, 3.8) is 0 Å². The molecule has 1 heterocycles. The van der Waals surface area contributed by atoms with Gasteiger partial charge in [-0.05, 0) is 18.1 Å². The van der Waals surface area contributed by atoms with Crippen molar-refractivity contribution < 1.29 is 9.53 Å². The zero-order valence-electron chi connectivity index (χ0n) is 9.64. The second-order valence-electron chi connectivity index (χ2n) is 3.69. The van der Waals surface area contributed by atoms with Crippen LogP contribution in [0.25, 0.3) is 0 Å². The van der Waals surface area contributed by atoms with Gasteiger partial charge in [0.2, 0.25) is 0 Å². The number of aryl methyl sites for hydroxylation is 1. The van der Waals surface area contributed by atoms with Crippen molar-refractivity contribution >= 4 is 5.97 Å². The number of hydrogen-bond donors (Lipinski definition) is 1. The van der Waals surface area contributed by atoms with E-state index in [0.717, 1.165) is 17.7 Å². The zero-order chi connectivity index (χ0) is 12.1. The summed E-state index contributed by atoms with van der Waals surface area (Å²) in [6.07, 6.45) is 0.818. The lowest BCUT2D eigenvalue weighted by Crippen LogP contribution is -2.05. The maximum atomic E-state index is 11.6. The molecule has 0 saturated heterocycles. The number of hydrogen-bond acceptors (Lipinski definition) is 3. The minimum Gasteiger partial charge on any atom is -0.456 e. The van der Waals surface area contributed by atoms with Crippen LogP contribution in [-0.2, 0) is 17.8 Å². The van der Waals surface area contributed by atoms with E-state index in [0.29, 0.717) is 5.69 Å². The van der Waals surface area contributed by atoms with E-state index >= 15 is 0 Å². The third-order valence-corrected chi connectivity index (χ3v) is 2.43. The highest BCUT2D eigenvalue weighted by atomic mass is 16.5. The number of esters is 1. The Balaban J connectivity index is 1.93. The summed E-state index contributed by atoms with van der Waals surface area (Å²) in [4.78, 5) is 11.6. The van der Waals surface area contributed by atoms with E-state index in [1.807, 2.05) is 37.3 Å². The lowest BCUT2D eigenvalue weighted by Gasteiger charge is -2.02. The number of rotatable bonds is 4. The Labute approximate surface area is 99.6 Å². The molecule has 0 radical (unpaired) electrons. The highest BCUT2D eigenvalue weighted by Gasteiger charge is 2.11. The van der Waals surface area contributed by atoms with Crippen LogP contribution in [0.15, 0.2) is 36.4 Å². The molecule has 0 saturated carbocycles. The molecule has 0 bridgehead atoms. The second-order valence-corrected chi connectivity index (χ2v) is 3.69. The van der Waals surface area contributed by atoms with Gasteiger partial charge in [0.05, 0.1) is 0 Å². The van der Waals surface area contributed by atoms with Crippen molar-refractivity contribution in [1.82, 2.24) is 10.2 Å². The van der Waals surface area contributed by atoms with Gasteiger partial charge in [0.1, 0.15) is 6.61 Å². The molecule has 0 spiro atoms. The summed E-state index contributed by atoms with van der Waals surface area (Å²) < 4.78 is 5.15. The molecular formula is C13H14N2O2. The first kappa shape index (κ1) is 11.4. The van der Waals surface area contributed by atoms with Crippen molar-refractivity contribution in [3.8, 4) is 0 Å².